The van der Waals surface area contributed by atoms with Crippen molar-refractivity contribution < 1.29 is 22.6 Å². The molecular weight excluding hydrogens is 385 g/mol. The van der Waals surface area contributed by atoms with Gasteiger partial charge in [0.05, 0.1) is 13.7 Å². The fourth-order valence-corrected chi connectivity index (χ4v) is 2.48. The van der Waals surface area contributed by atoms with Gasteiger partial charge in [0.1, 0.15) is 5.75 Å². The summed E-state index contributed by atoms with van der Waals surface area (Å²) in [5.74, 6) is 1.41. The van der Waals surface area contributed by atoms with Gasteiger partial charge in [-0.2, -0.15) is 13.2 Å². The van der Waals surface area contributed by atoms with Crippen LogP contribution in [0.3, 0.4) is 0 Å². The Morgan fingerprint density at radius 3 is 2.59 bits per heavy atom. The van der Waals surface area contributed by atoms with Gasteiger partial charge in [-0.25, -0.2) is 9.98 Å². The van der Waals surface area contributed by atoms with Crippen molar-refractivity contribution in [2.45, 2.75) is 26.1 Å². The second kappa shape index (κ2) is 11.1. The second-order valence-corrected chi connectivity index (χ2v) is 6.09. The van der Waals surface area contributed by atoms with Gasteiger partial charge in [0.25, 0.3) is 0 Å². The topological polar surface area (TPSA) is 67.8 Å². The van der Waals surface area contributed by atoms with E-state index in [-0.39, 0.29) is 5.88 Å². The molecule has 9 heteroatoms. The lowest BCUT2D eigenvalue weighted by atomic mass is 10.1. The third-order valence-electron chi connectivity index (χ3n) is 3.82. The second-order valence-electron chi connectivity index (χ2n) is 6.09. The number of aliphatic imine (C=N–C) groups is 1. The Morgan fingerprint density at radius 2 is 1.93 bits per heavy atom. The summed E-state index contributed by atoms with van der Waals surface area (Å²) in [6.07, 6.45) is -2.17. The van der Waals surface area contributed by atoms with E-state index in [0.717, 1.165) is 23.3 Å². The van der Waals surface area contributed by atoms with Crippen LogP contribution in [-0.4, -0.2) is 43.9 Å². The van der Waals surface area contributed by atoms with Crippen molar-refractivity contribution in [3.8, 4) is 11.6 Å². The highest BCUT2D eigenvalue weighted by Crippen LogP contribution is 2.18. The molecule has 0 aliphatic rings. The summed E-state index contributed by atoms with van der Waals surface area (Å²) in [6.45, 7) is 2.29. The van der Waals surface area contributed by atoms with E-state index in [1.165, 1.54) is 12.3 Å². The molecule has 0 saturated carbocycles. The zero-order valence-corrected chi connectivity index (χ0v) is 16.4. The Labute approximate surface area is 168 Å². The van der Waals surface area contributed by atoms with Crippen LogP contribution in [0.2, 0.25) is 0 Å². The number of aromatic nitrogens is 1. The Bertz CT molecular complexity index is 780. The van der Waals surface area contributed by atoms with Gasteiger partial charge in [0, 0.05) is 25.4 Å². The van der Waals surface area contributed by atoms with Crippen molar-refractivity contribution in [3.63, 3.8) is 0 Å². The quantitative estimate of drug-likeness (QED) is 0.490. The number of alkyl halides is 3. The maximum Gasteiger partial charge on any atom is 0.422 e. The number of nitrogens with zero attached hydrogens (tertiary/aromatic N) is 2. The Morgan fingerprint density at radius 1 is 1.14 bits per heavy atom. The maximum absolute atomic E-state index is 12.2. The van der Waals surface area contributed by atoms with Crippen LogP contribution in [0.4, 0.5) is 13.2 Å². The summed E-state index contributed by atoms with van der Waals surface area (Å²) in [6, 6.07) is 10.9. The lowest BCUT2D eigenvalue weighted by molar-refractivity contribution is -0.154. The number of ether oxygens (including phenoxy) is 2. The summed E-state index contributed by atoms with van der Waals surface area (Å²) in [5.41, 5.74) is 1.85. The van der Waals surface area contributed by atoms with E-state index >= 15 is 0 Å². The molecule has 0 spiro atoms. The molecule has 0 aliphatic carbocycles. The number of guanidine groups is 1. The average Bonchev–Trinajstić information content (AvgIpc) is 2.71. The molecule has 1 heterocycles. The van der Waals surface area contributed by atoms with Gasteiger partial charge in [-0.05, 0) is 30.5 Å². The van der Waals surface area contributed by atoms with E-state index in [1.54, 1.807) is 13.2 Å². The number of hydrogen-bond donors (Lipinski definition) is 2. The number of pyridine rings is 1. The predicted molar refractivity (Wildman–Crippen MR) is 105 cm³/mol. The first-order valence-corrected chi connectivity index (χ1v) is 9.20. The molecule has 0 unspecified atom stereocenters. The molecule has 0 fully saturated rings. The number of halogens is 3. The third kappa shape index (κ3) is 8.28. The first kappa shape index (κ1) is 22.3. The fourth-order valence-electron chi connectivity index (χ4n) is 2.48. The minimum absolute atomic E-state index is 0.0723. The standard InChI is InChI=1S/C20H25F3N4O2/c1-3-24-19(25-11-10-16-6-4-5-7-17(16)28-2)27-13-15-8-9-18(26-12-15)29-14-20(21,22)23/h4-9,12H,3,10-11,13-14H2,1-2H3,(H2,24,25,27). The van der Waals surface area contributed by atoms with Crippen LogP contribution < -0.4 is 20.1 Å². The monoisotopic (exact) mass is 410 g/mol. The highest BCUT2D eigenvalue weighted by atomic mass is 19.4. The number of nitrogens with one attached hydrogen (secondary N) is 2. The van der Waals surface area contributed by atoms with E-state index in [0.29, 0.717) is 25.6 Å². The molecule has 29 heavy (non-hydrogen) atoms. The minimum Gasteiger partial charge on any atom is -0.496 e. The van der Waals surface area contributed by atoms with Gasteiger partial charge < -0.3 is 20.1 Å². The van der Waals surface area contributed by atoms with Gasteiger partial charge in [-0.3, -0.25) is 0 Å². The molecule has 6 nitrogen and oxygen atoms in total. The van der Waals surface area contributed by atoms with Gasteiger partial charge in [0.15, 0.2) is 12.6 Å². The van der Waals surface area contributed by atoms with E-state index in [1.807, 2.05) is 31.2 Å². The lowest BCUT2D eigenvalue weighted by Gasteiger charge is -2.13. The van der Waals surface area contributed by atoms with Crippen LogP contribution in [0.25, 0.3) is 0 Å². The number of methoxy groups -OCH3 is 1. The Kier molecular flexibility index (Phi) is 8.57. The normalized spacial score (nSPS) is 11.8. The summed E-state index contributed by atoms with van der Waals surface area (Å²) < 4.78 is 46.4. The average molecular weight is 410 g/mol. The summed E-state index contributed by atoms with van der Waals surface area (Å²) >= 11 is 0. The minimum atomic E-state index is -4.39. The van der Waals surface area contributed by atoms with E-state index in [4.69, 9.17) is 4.74 Å². The molecule has 0 aliphatic heterocycles. The van der Waals surface area contributed by atoms with Crippen molar-refractivity contribution in [2.24, 2.45) is 4.99 Å². The molecule has 2 aromatic rings. The molecule has 0 bridgehead atoms. The molecule has 1 aromatic carbocycles. The fraction of sp³-hybridized carbons (Fsp3) is 0.400. The molecule has 158 valence electrons. The number of para-hydroxylation sites is 1. The zero-order valence-electron chi connectivity index (χ0n) is 16.4. The van der Waals surface area contributed by atoms with E-state index in [9.17, 15) is 13.2 Å². The Hall–Kier alpha value is -2.97. The SMILES string of the molecule is CCNC(=NCc1ccc(OCC(F)(F)F)nc1)NCCc1ccccc1OC. The van der Waals surface area contributed by atoms with Gasteiger partial charge in [0.2, 0.25) is 5.88 Å². The summed E-state index contributed by atoms with van der Waals surface area (Å²) in [4.78, 5) is 8.36. The van der Waals surface area contributed by atoms with E-state index < -0.39 is 12.8 Å². The first-order valence-electron chi connectivity index (χ1n) is 9.20. The van der Waals surface area contributed by atoms with Gasteiger partial charge in [-0.1, -0.05) is 24.3 Å². The van der Waals surface area contributed by atoms with Crippen LogP contribution in [0, 0.1) is 0 Å². The largest absolute Gasteiger partial charge is 0.496 e. The number of benzene rings is 1. The maximum atomic E-state index is 12.2. The number of hydrogen-bond acceptors (Lipinski definition) is 4. The van der Waals surface area contributed by atoms with E-state index in [2.05, 4.69) is 25.3 Å². The van der Waals surface area contributed by atoms with Crippen molar-refractivity contribution in [3.05, 3.63) is 53.7 Å². The third-order valence-corrected chi connectivity index (χ3v) is 3.82. The summed E-state index contributed by atoms with van der Waals surface area (Å²) in [7, 11) is 1.64. The molecular formula is C20H25F3N4O2. The zero-order chi connectivity index (χ0) is 21.1. The highest BCUT2D eigenvalue weighted by molar-refractivity contribution is 5.79. The highest BCUT2D eigenvalue weighted by Gasteiger charge is 2.28. The smallest absolute Gasteiger partial charge is 0.422 e. The van der Waals surface area contributed by atoms with Gasteiger partial charge >= 0.3 is 6.18 Å². The van der Waals surface area contributed by atoms with Crippen LogP contribution in [0.1, 0.15) is 18.1 Å². The lowest BCUT2D eigenvalue weighted by Crippen LogP contribution is -2.38. The number of rotatable bonds is 9. The molecule has 0 radical (unpaired) electrons. The molecule has 2 rings (SSSR count). The van der Waals surface area contributed by atoms with Gasteiger partial charge in [-0.15, -0.1) is 0 Å². The van der Waals surface area contributed by atoms with Crippen LogP contribution in [-0.2, 0) is 13.0 Å². The van der Waals surface area contributed by atoms with Crippen LogP contribution >= 0.6 is 0 Å². The molecule has 0 atom stereocenters. The molecule has 1 aromatic heterocycles. The molecule has 2 N–H and O–H groups in total. The Balaban J connectivity index is 1.88. The van der Waals surface area contributed by atoms with Crippen molar-refractivity contribution in [1.82, 2.24) is 15.6 Å². The van der Waals surface area contributed by atoms with Crippen LogP contribution in [0.15, 0.2) is 47.6 Å². The first-order chi connectivity index (χ1) is 13.9. The van der Waals surface area contributed by atoms with Crippen molar-refractivity contribution >= 4 is 5.96 Å². The van der Waals surface area contributed by atoms with Crippen LogP contribution in [0.5, 0.6) is 11.6 Å². The molecule has 0 saturated heterocycles. The summed E-state index contributed by atoms with van der Waals surface area (Å²) in [5, 5.41) is 6.41. The van der Waals surface area contributed by atoms with Crippen molar-refractivity contribution in [2.75, 3.05) is 26.8 Å². The van der Waals surface area contributed by atoms with Crippen molar-refractivity contribution in [1.29, 1.82) is 0 Å². The molecule has 0 amide bonds. The predicted octanol–water partition coefficient (Wildman–Crippen LogP) is 3.33.